The normalized spacial score (nSPS) is 15.8. The molecule has 0 aliphatic rings. The van der Waals surface area contributed by atoms with Gasteiger partial charge in [-0.25, -0.2) is 0 Å². The Morgan fingerprint density at radius 1 is 1.12 bits per heavy atom. The molecule has 0 aromatic heterocycles. The van der Waals surface area contributed by atoms with E-state index in [0.29, 0.717) is 6.42 Å². The van der Waals surface area contributed by atoms with Crippen LogP contribution < -0.4 is 0 Å². The zero-order valence-corrected chi connectivity index (χ0v) is 17.1. The molecule has 2 aromatic carbocycles. The molecule has 0 radical (unpaired) electrons. The van der Waals surface area contributed by atoms with Gasteiger partial charge in [-0.2, -0.15) is 0 Å². The van der Waals surface area contributed by atoms with E-state index in [-0.39, 0.29) is 5.92 Å². The quantitative estimate of drug-likeness (QED) is 0.768. The van der Waals surface area contributed by atoms with Gasteiger partial charge in [-0.05, 0) is 57.1 Å². The van der Waals surface area contributed by atoms with Crippen molar-refractivity contribution in [3.8, 4) is 0 Å². The summed E-state index contributed by atoms with van der Waals surface area (Å²) in [5.74, 6) is 0.109. The summed E-state index contributed by atoms with van der Waals surface area (Å²) in [6.07, 6.45) is 2.75. The van der Waals surface area contributed by atoms with Gasteiger partial charge >= 0.3 is 0 Å². The molecule has 26 heavy (non-hydrogen) atoms. The molecule has 0 fully saturated rings. The van der Waals surface area contributed by atoms with Crippen LogP contribution in [0.5, 0.6) is 0 Å². The maximum absolute atomic E-state index is 11.8. The lowest BCUT2D eigenvalue weighted by Crippen LogP contribution is -2.44. The van der Waals surface area contributed by atoms with E-state index in [1.165, 1.54) is 16.7 Å². The van der Waals surface area contributed by atoms with E-state index >= 15 is 0 Å². The van der Waals surface area contributed by atoms with Crippen molar-refractivity contribution in [3.05, 3.63) is 76.4 Å². The number of nitrogens with zero attached hydrogens (tertiary/aromatic N) is 1. The first-order valence-corrected chi connectivity index (χ1v) is 9.39. The van der Waals surface area contributed by atoms with Crippen molar-refractivity contribution >= 4 is 6.08 Å². The highest BCUT2D eigenvalue weighted by molar-refractivity contribution is 5.55. The van der Waals surface area contributed by atoms with Gasteiger partial charge in [0.15, 0.2) is 0 Å². The number of aryl methyl sites for hydroxylation is 2. The Labute approximate surface area is 159 Å². The summed E-state index contributed by atoms with van der Waals surface area (Å²) in [5, 5.41) is 11.8. The van der Waals surface area contributed by atoms with E-state index in [0.717, 1.165) is 17.7 Å². The molecule has 0 heterocycles. The summed E-state index contributed by atoms with van der Waals surface area (Å²) in [5.41, 5.74) is 4.94. The van der Waals surface area contributed by atoms with Gasteiger partial charge in [-0.1, -0.05) is 67.1 Å². The molecule has 1 N–H and O–H groups in total. The van der Waals surface area contributed by atoms with Gasteiger partial charge in [0.25, 0.3) is 0 Å². The average Bonchev–Trinajstić information content (AvgIpc) is 2.58. The van der Waals surface area contributed by atoms with E-state index < -0.39 is 5.60 Å². The minimum Gasteiger partial charge on any atom is -0.385 e. The number of hydrogen-bond donors (Lipinski definition) is 1. The Hall–Kier alpha value is -1.90. The summed E-state index contributed by atoms with van der Waals surface area (Å²) in [6, 6.07) is 16.7. The van der Waals surface area contributed by atoms with Gasteiger partial charge < -0.3 is 10.0 Å². The van der Waals surface area contributed by atoms with Crippen LogP contribution in [0.3, 0.4) is 0 Å². The average molecular weight is 352 g/mol. The van der Waals surface area contributed by atoms with Crippen LogP contribution >= 0.6 is 0 Å². The van der Waals surface area contributed by atoms with Crippen molar-refractivity contribution in [2.24, 2.45) is 5.92 Å². The van der Waals surface area contributed by atoms with Crippen LogP contribution in [0.25, 0.3) is 6.08 Å². The highest BCUT2D eigenvalue weighted by Crippen LogP contribution is 2.33. The smallest absolute Gasteiger partial charge is 0.0935 e. The highest BCUT2D eigenvalue weighted by atomic mass is 16.3. The molecule has 2 unspecified atom stereocenters. The van der Waals surface area contributed by atoms with Crippen molar-refractivity contribution in [1.82, 2.24) is 4.90 Å². The lowest BCUT2D eigenvalue weighted by molar-refractivity contribution is 0.0148. The second-order valence-electron chi connectivity index (χ2n) is 7.93. The predicted octanol–water partition coefficient (Wildman–Crippen LogP) is 4.88. The first-order valence-electron chi connectivity index (χ1n) is 9.39. The largest absolute Gasteiger partial charge is 0.385 e. The minimum absolute atomic E-state index is 0.109. The Bertz CT molecular complexity index is 748. The van der Waals surface area contributed by atoms with Crippen LogP contribution in [0.15, 0.2) is 54.1 Å². The van der Waals surface area contributed by atoms with E-state index in [2.05, 4.69) is 83.1 Å². The topological polar surface area (TPSA) is 23.5 Å². The zero-order chi connectivity index (χ0) is 19.3. The predicted molar refractivity (Wildman–Crippen MR) is 112 cm³/mol. The molecule has 0 saturated heterocycles. The first-order chi connectivity index (χ1) is 12.2. The number of hydrogen-bond acceptors (Lipinski definition) is 2. The summed E-state index contributed by atoms with van der Waals surface area (Å²) in [7, 11) is 4.12. The summed E-state index contributed by atoms with van der Waals surface area (Å²) in [6.45, 7) is 9.28. The number of rotatable bonds is 7. The number of benzene rings is 2. The van der Waals surface area contributed by atoms with Gasteiger partial charge in [0.2, 0.25) is 0 Å². The fraction of sp³-hybridized carbons (Fsp3) is 0.417. The molecule has 0 aliphatic carbocycles. The minimum atomic E-state index is -0.890. The van der Waals surface area contributed by atoms with Crippen LogP contribution in [0.1, 0.15) is 36.1 Å². The molecular weight excluding hydrogens is 318 g/mol. The van der Waals surface area contributed by atoms with E-state index in [4.69, 9.17) is 0 Å². The Balaban J connectivity index is 2.44. The zero-order valence-electron chi connectivity index (χ0n) is 17.1. The van der Waals surface area contributed by atoms with Gasteiger partial charge in [0.05, 0.1) is 5.60 Å². The molecule has 0 amide bonds. The van der Waals surface area contributed by atoms with Crippen LogP contribution in [0, 0.1) is 19.8 Å². The molecule has 0 aliphatic heterocycles. The third-order valence-corrected chi connectivity index (χ3v) is 5.28. The molecule has 0 saturated carbocycles. The highest BCUT2D eigenvalue weighted by Gasteiger charge is 2.36. The summed E-state index contributed by atoms with van der Waals surface area (Å²) in [4.78, 5) is 2.15. The lowest BCUT2D eigenvalue weighted by atomic mass is 9.76. The summed E-state index contributed by atoms with van der Waals surface area (Å²) < 4.78 is 0. The second kappa shape index (κ2) is 8.66. The van der Waals surface area contributed by atoms with Crippen LogP contribution in [0.4, 0.5) is 0 Å². The molecule has 140 valence electrons. The van der Waals surface area contributed by atoms with E-state index in [1.807, 2.05) is 18.2 Å². The van der Waals surface area contributed by atoms with E-state index in [9.17, 15) is 5.11 Å². The molecule has 2 nitrogen and oxygen atoms in total. The van der Waals surface area contributed by atoms with Gasteiger partial charge in [-0.3, -0.25) is 0 Å². The molecule has 0 spiro atoms. The molecule has 2 atom stereocenters. The van der Waals surface area contributed by atoms with Crippen LogP contribution in [0.2, 0.25) is 0 Å². The molecule has 0 bridgehead atoms. The fourth-order valence-electron chi connectivity index (χ4n) is 3.61. The SMILES string of the molecule is CC(=Cc1ccccc1)C(O)(Cc1cc(C)ccc1C)C(C)CN(C)C. The van der Waals surface area contributed by atoms with Crippen molar-refractivity contribution < 1.29 is 5.11 Å². The maximum Gasteiger partial charge on any atom is 0.0935 e. The second-order valence-corrected chi connectivity index (χ2v) is 7.93. The Morgan fingerprint density at radius 3 is 2.38 bits per heavy atom. The van der Waals surface area contributed by atoms with Crippen molar-refractivity contribution in [2.45, 2.75) is 39.7 Å². The fourth-order valence-corrected chi connectivity index (χ4v) is 3.61. The van der Waals surface area contributed by atoms with Crippen LogP contribution in [-0.4, -0.2) is 36.2 Å². The van der Waals surface area contributed by atoms with E-state index in [1.54, 1.807) is 0 Å². The van der Waals surface area contributed by atoms with Crippen molar-refractivity contribution in [3.63, 3.8) is 0 Å². The maximum atomic E-state index is 11.8. The third-order valence-electron chi connectivity index (χ3n) is 5.28. The monoisotopic (exact) mass is 351 g/mol. The Kier molecular flexibility index (Phi) is 6.80. The molecular formula is C24H33NO. The van der Waals surface area contributed by atoms with Gasteiger partial charge in [0.1, 0.15) is 0 Å². The van der Waals surface area contributed by atoms with Crippen molar-refractivity contribution in [2.75, 3.05) is 20.6 Å². The molecule has 2 heteroatoms. The standard InChI is InChI=1S/C24H33NO/c1-18-12-13-19(2)23(14-18)16-24(26,21(4)17-25(5)6)20(3)15-22-10-8-7-9-11-22/h7-15,21,26H,16-17H2,1-6H3. The van der Waals surface area contributed by atoms with Gasteiger partial charge in [0, 0.05) is 18.9 Å². The molecule has 2 rings (SSSR count). The number of aliphatic hydroxyl groups is 1. The van der Waals surface area contributed by atoms with Crippen molar-refractivity contribution in [1.29, 1.82) is 0 Å². The van der Waals surface area contributed by atoms with Gasteiger partial charge in [-0.15, -0.1) is 0 Å². The molecule has 2 aromatic rings. The third kappa shape index (κ3) is 5.06. The first kappa shape index (κ1) is 20.4. The Morgan fingerprint density at radius 2 is 1.77 bits per heavy atom. The summed E-state index contributed by atoms with van der Waals surface area (Å²) >= 11 is 0. The lowest BCUT2D eigenvalue weighted by Gasteiger charge is -2.37. The van der Waals surface area contributed by atoms with Crippen LogP contribution in [-0.2, 0) is 6.42 Å².